The van der Waals surface area contributed by atoms with Crippen molar-refractivity contribution in [2.45, 2.75) is 126 Å². The molecule has 3 aliphatic heterocycles. The Kier molecular flexibility index (Phi) is 5.85. The standard InChI is InChI=1S/C30H42O9/c1-15-22(32)23(33)24(34)25(36-15)37-17-6-10-27(2)16(14-17)4-5-19-18(27)7-11-28(3)20-8-13-30(19,28)39-26-29(20,35)12-9-21(31)38-26/h9,12,14-15,17-20,22-26,32-35H,4-8,10-11,13H2,1-3H3/t15-,17-,18-,19+,20-,22-,23+,24+,25-,26+,27-,28+,29+,30-/m0/s1. The minimum atomic E-state index is -1.31. The number of hydrogen-bond donors (Lipinski definition) is 4. The van der Waals surface area contributed by atoms with Gasteiger partial charge < -0.3 is 39.4 Å². The Hall–Kier alpha value is -1.33. The SMILES string of the molecule is C[C@@H]1O[C@@H](O[C@@H]2C=C3CC[C@@H]4[C@H](CC[C@]5(C)[C@@H]6CC[C@]45O[C@H]4OC(=O)C=C[C@]46O)[C@@]3(C)CC2)[C@H](O)[C@H](O)[C@H]1O. The van der Waals surface area contributed by atoms with Crippen LogP contribution in [0.2, 0.25) is 0 Å². The van der Waals surface area contributed by atoms with Gasteiger partial charge in [-0.2, -0.15) is 0 Å². The van der Waals surface area contributed by atoms with Crippen molar-refractivity contribution >= 4 is 5.97 Å². The van der Waals surface area contributed by atoms with Crippen LogP contribution in [0.25, 0.3) is 0 Å². The van der Waals surface area contributed by atoms with Crippen molar-refractivity contribution < 1.29 is 44.2 Å². The Morgan fingerprint density at radius 3 is 2.56 bits per heavy atom. The monoisotopic (exact) mass is 546 g/mol. The van der Waals surface area contributed by atoms with E-state index in [1.807, 2.05) is 0 Å². The molecule has 3 heterocycles. The highest BCUT2D eigenvalue weighted by Crippen LogP contribution is 2.73. The molecule has 216 valence electrons. The summed E-state index contributed by atoms with van der Waals surface area (Å²) in [5.41, 5.74) is -0.555. The summed E-state index contributed by atoms with van der Waals surface area (Å²) in [7, 11) is 0. The average molecular weight is 547 g/mol. The zero-order valence-electron chi connectivity index (χ0n) is 23.0. The first-order valence-electron chi connectivity index (χ1n) is 14.8. The predicted octanol–water partition coefficient (Wildman–Crippen LogP) is 2.10. The van der Waals surface area contributed by atoms with Crippen molar-refractivity contribution in [1.29, 1.82) is 0 Å². The summed E-state index contributed by atoms with van der Waals surface area (Å²) in [6.07, 6.45) is 5.86. The molecule has 2 bridgehead atoms. The molecular formula is C30H42O9. The van der Waals surface area contributed by atoms with Crippen molar-refractivity contribution in [3.05, 3.63) is 23.8 Å². The zero-order valence-corrected chi connectivity index (χ0v) is 23.0. The average Bonchev–Trinajstić information content (AvgIpc) is 3.13. The molecule has 0 aromatic heterocycles. The molecule has 5 fully saturated rings. The number of fused-ring (bicyclic) bond motifs is 5. The lowest BCUT2D eigenvalue weighted by molar-refractivity contribution is -0.359. The van der Waals surface area contributed by atoms with Crippen LogP contribution in [-0.4, -0.2) is 80.7 Å². The van der Waals surface area contributed by atoms with Crippen molar-refractivity contribution in [2.24, 2.45) is 28.6 Å². The van der Waals surface area contributed by atoms with E-state index < -0.39 is 54.2 Å². The molecule has 39 heavy (non-hydrogen) atoms. The second-order valence-corrected chi connectivity index (χ2v) is 13.8. The zero-order chi connectivity index (χ0) is 27.5. The van der Waals surface area contributed by atoms with Crippen LogP contribution in [0.15, 0.2) is 23.8 Å². The third-order valence-electron chi connectivity index (χ3n) is 12.3. The van der Waals surface area contributed by atoms with Gasteiger partial charge in [0.05, 0.1) is 17.8 Å². The van der Waals surface area contributed by atoms with E-state index >= 15 is 0 Å². The van der Waals surface area contributed by atoms with Crippen molar-refractivity contribution in [3.8, 4) is 0 Å². The maximum absolute atomic E-state index is 12.1. The number of esters is 1. The van der Waals surface area contributed by atoms with Gasteiger partial charge in [0.25, 0.3) is 0 Å². The fourth-order valence-corrected chi connectivity index (χ4v) is 10.2. The van der Waals surface area contributed by atoms with Crippen molar-refractivity contribution in [2.75, 3.05) is 0 Å². The first-order valence-corrected chi connectivity index (χ1v) is 14.8. The largest absolute Gasteiger partial charge is 0.429 e. The second kappa shape index (κ2) is 8.60. The second-order valence-electron chi connectivity index (χ2n) is 13.8. The minimum Gasteiger partial charge on any atom is -0.429 e. The van der Waals surface area contributed by atoms with Crippen LogP contribution >= 0.6 is 0 Å². The van der Waals surface area contributed by atoms with E-state index in [2.05, 4.69) is 19.9 Å². The molecule has 9 heteroatoms. The molecule has 0 aromatic rings. The van der Waals surface area contributed by atoms with Gasteiger partial charge in [-0.1, -0.05) is 25.5 Å². The van der Waals surface area contributed by atoms with E-state index in [4.69, 9.17) is 18.9 Å². The molecule has 9 nitrogen and oxygen atoms in total. The number of ether oxygens (including phenoxy) is 4. The van der Waals surface area contributed by atoms with Gasteiger partial charge in [0, 0.05) is 17.4 Å². The minimum absolute atomic E-state index is 0.0129. The number of aliphatic hydroxyl groups is 4. The third-order valence-corrected chi connectivity index (χ3v) is 12.3. The first-order chi connectivity index (χ1) is 18.4. The third kappa shape index (κ3) is 3.41. The molecule has 4 N–H and O–H groups in total. The molecule has 2 saturated heterocycles. The fourth-order valence-electron chi connectivity index (χ4n) is 10.2. The van der Waals surface area contributed by atoms with Crippen LogP contribution in [0, 0.1) is 28.6 Å². The summed E-state index contributed by atoms with van der Waals surface area (Å²) in [4.78, 5) is 12.1. The molecule has 7 aliphatic rings. The quantitative estimate of drug-likeness (QED) is 0.303. The van der Waals surface area contributed by atoms with Crippen LogP contribution in [0.1, 0.15) is 72.1 Å². The van der Waals surface area contributed by atoms with Gasteiger partial charge in [0.2, 0.25) is 6.29 Å². The van der Waals surface area contributed by atoms with Crippen LogP contribution < -0.4 is 0 Å². The van der Waals surface area contributed by atoms with Gasteiger partial charge in [0.15, 0.2) is 6.29 Å². The summed E-state index contributed by atoms with van der Waals surface area (Å²) in [6.45, 7) is 6.32. The number of rotatable bonds is 2. The molecule has 0 spiro atoms. The molecule has 0 amide bonds. The highest BCUT2D eigenvalue weighted by molar-refractivity contribution is 5.83. The van der Waals surface area contributed by atoms with Gasteiger partial charge in [-0.25, -0.2) is 4.79 Å². The van der Waals surface area contributed by atoms with Gasteiger partial charge >= 0.3 is 5.97 Å². The topological polar surface area (TPSA) is 135 Å². The van der Waals surface area contributed by atoms with E-state index in [0.717, 1.165) is 51.4 Å². The molecule has 0 unspecified atom stereocenters. The Balaban J connectivity index is 1.14. The van der Waals surface area contributed by atoms with Crippen molar-refractivity contribution in [3.63, 3.8) is 0 Å². The van der Waals surface area contributed by atoms with Crippen LogP contribution in [0.4, 0.5) is 0 Å². The molecular weight excluding hydrogens is 504 g/mol. The highest BCUT2D eigenvalue weighted by atomic mass is 16.7. The molecule has 7 rings (SSSR count). The number of hydrogen-bond acceptors (Lipinski definition) is 9. The van der Waals surface area contributed by atoms with E-state index in [1.165, 1.54) is 11.6 Å². The molecule has 3 saturated carbocycles. The summed E-state index contributed by atoms with van der Waals surface area (Å²) < 4.78 is 24.3. The summed E-state index contributed by atoms with van der Waals surface area (Å²) in [5.74, 6) is 0.232. The molecule has 4 aliphatic carbocycles. The van der Waals surface area contributed by atoms with E-state index in [0.29, 0.717) is 11.8 Å². The molecule has 14 atom stereocenters. The Bertz CT molecular complexity index is 1110. The Labute approximate surface area is 229 Å². The smallest absolute Gasteiger partial charge is 0.332 e. The summed E-state index contributed by atoms with van der Waals surface area (Å²) >= 11 is 0. The van der Waals surface area contributed by atoms with Crippen LogP contribution in [0.3, 0.4) is 0 Å². The lowest BCUT2D eigenvalue weighted by Crippen LogP contribution is -2.71. The van der Waals surface area contributed by atoms with Crippen LogP contribution in [0.5, 0.6) is 0 Å². The lowest BCUT2D eigenvalue weighted by atomic mass is 9.43. The van der Waals surface area contributed by atoms with Crippen molar-refractivity contribution in [1.82, 2.24) is 0 Å². The van der Waals surface area contributed by atoms with E-state index in [9.17, 15) is 25.2 Å². The number of allylic oxidation sites excluding steroid dienone is 1. The summed E-state index contributed by atoms with van der Waals surface area (Å²) in [5, 5.41) is 42.4. The number of aliphatic hydroxyl groups excluding tert-OH is 3. The van der Waals surface area contributed by atoms with Gasteiger partial charge in [-0.3, -0.25) is 0 Å². The maximum atomic E-state index is 12.1. The number of carbonyl (C=O) groups excluding carboxylic acids is 1. The maximum Gasteiger partial charge on any atom is 0.332 e. The lowest BCUT2D eigenvalue weighted by Gasteiger charge is -2.67. The van der Waals surface area contributed by atoms with E-state index in [1.54, 1.807) is 13.0 Å². The fraction of sp³-hybridized carbons (Fsp3) is 0.833. The Morgan fingerprint density at radius 1 is 0.974 bits per heavy atom. The van der Waals surface area contributed by atoms with E-state index in [-0.39, 0.29) is 22.9 Å². The van der Waals surface area contributed by atoms with Gasteiger partial charge in [-0.15, -0.1) is 0 Å². The van der Waals surface area contributed by atoms with Gasteiger partial charge in [0.1, 0.15) is 23.9 Å². The number of carbonyl (C=O) groups is 1. The van der Waals surface area contributed by atoms with Crippen LogP contribution in [-0.2, 0) is 23.7 Å². The normalized spacial score (nSPS) is 57.9. The van der Waals surface area contributed by atoms with Gasteiger partial charge in [-0.05, 0) is 81.6 Å². The highest BCUT2D eigenvalue weighted by Gasteiger charge is 2.76. The summed E-state index contributed by atoms with van der Waals surface area (Å²) in [6, 6.07) is 0. The first kappa shape index (κ1) is 26.6. The molecule has 0 aromatic carbocycles. The predicted molar refractivity (Wildman–Crippen MR) is 137 cm³/mol. The Morgan fingerprint density at radius 2 is 1.77 bits per heavy atom. The molecule has 0 radical (unpaired) electrons.